The fourth-order valence-electron chi connectivity index (χ4n) is 3.05. The summed E-state index contributed by atoms with van der Waals surface area (Å²) >= 11 is 0. The van der Waals surface area contributed by atoms with E-state index < -0.39 is 11.2 Å². The van der Waals surface area contributed by atoms with Gasteiger partial charge >= 0.3 is 5.69 Å². The second-order valence-electron chi connectivity index (χ2n) is 6.59. The number of methoxy groups -OCH3 is 1. The summed E-state index contributed by atoms with van der Waals surface area (Å²) < 4.78 is 5.33. The van der Waals surface area contributed by atoms with Gasteiger partial charge in [-0.3, -0.25) is 9.78 Å². The lowest BCUT2D eigenvalue weighted by atomic mass is 10.1. The monoisotopic (exact) mass is 385 g/mol. The van der Waals surface area contributed by atoms with Crippen molar-refractivity contribution in [2.45, 2.75) is 12.3 Å². The maximum Gasteiger partial charge on any atom is 0.325 e. The van der Waals surface area contributed by atoms with Gasteiger partial charge in [0.05, 0.1) is 24.3 Å². The molecule has 2 N–H and O–H groups in total. The van der Waals surface area contributed by atoms with Crippen molar-refractivity contribution in [3.05, 3.63) is 74.1 Å². The summed E-state index contributed by atoms with van der Waals surface area (Å²) in [6.45, 7) is 0. The Kier molecular flexibility index (Phi) is 4.68. The van der Waals surface area contributed by atoms with Crippen molar-refractivity contribution in [2.75, 3.05) is 7.11 Å². The van der Waals surface area contributed by atoms with E-state index in [1.54, 1.807) is 18.2 Å². The van der Waals surface area contributed by atoms with Crippen LogP contribution in [0.15, 0.2) is 46.1 Å². The fourth-order valence-corrected chi connectivity index (χ4v) is 3.05. The van der Waals surface area contributed by atoms with E-state index in [0.717, 1.165) is 17.5 Å². The van der Waals surface area contributed by atoms with Crippen LogP contribution in [0.3, 0.4) is 0 Å². The minimum absolute atomic E-state index is 0.118. The van der Waals surface area contributed by atoms with Gasteiger partial charge in [-0.05, 0) is 36.8 Å². The van der Waals surface area contributed by atoms with E-state index in [0.29, 0.717) is 17.1 Å². The molecule has 8 nitrogen and oxygen atoms in total. The van der Waals surface area contributed by atoms with E-state index in [4.69, 9.17) is 10.00 Å². The second kappa shape index (κ2) is 7.45. The van der Waals surface area contributed by atoms with Gasteiger partial charge in [0.25, 0.3) is 5.56 Å². The van der Waals surface area contributed by atoms with Crippen LogP contribution in [0.25, 0.3) is 11.3 Å². The first-order chi connectivity index (χ1) is 14.1. The van der Waals surface area contributed by atoms with Crippen molar-refractivity contribution in [1.82, 2.24) is 20.2 Å². The number of nitriles is 1. The molecule has 2 atom stereocenters. The summed E-state index contributed by atoms with van der Waals surface area (Å²) in [5.74, 6) is 7.00. The Balaban J connectivity index is 1.60. The maximum atomic E-state index is 12.0. The van der Waals surface area contributed by atoms with E-state index in [1.165, 1.54) is 13.3 Å². The molecule has 0 aliphatic heterocycles. The van der Waals surface area contributed by atoms with Crippen LogP contribution in [-0.4, -0.2) is 27.3 Å². The van der Waals surface area contributed by atoms with Crippen LogP contribution >= 0.6 is 0 Å². The molecule has 0 saturated heterocycles. The van der Waals surface area contributed by atoms with Crippen LogP contribution in [0.2, 0.25) is 0 Å². The molecule has 0 amide bonds. The van der Waals surface area contributed by atoms with Crippen molar-refractivity contribution < 1.29 is 4.74 Å². The summed E-state index contributed by atoms with van der Waals surface area (Å²) in [6.07, 6.45) is 2.16. The Morgan fingerprint density at radius 2 is 1.93 bits per heavy atom. The average molecular weight is 385 g/mol. The Hall–Kier alpha value is -4.17. The van der Waals surface area contributed by atoms with Crippen molar-refractivity contribution >= 4 is 0 Å². The molecular formula is C21H15N5O3. The number of aromatic amines is 2. The molecule has 4 rings (SSSR count). The first-order valence-electron chi connectivity index (χ1n) is 8.84. The smallest absolute Gasteiger partial charge is 0.325 e. The molecule has 1 fully saturated rings. The van der Waals surface area contributed by atoms with Crippen LogP contribution in [0.4, 0.5) is 0 Å². The number of hydrogen-bond acceptors (Lipinski definition) is 6. The third-order valence-corrected chi connectivity index (χ3v) is 4.68. The zero-order chi connectivity index (χ0) is 20.4. The van der Waals surface area contributed by atoms with Gasteiger partial charge in [-0.15, -0.1) is 10.2 Å². The van der Waals surface area contributed by atoms with Crippen LogP contribution in [-0.2, 0) is 0 Å². The normalized spacial score (nSPS) is 17.0. The molecule has 0 spiro atoms. The highest BCUT2D eigenvalue weighted by Crippen LogP contribution is 2.49. The summed E-state index contributed by atoms with van der Waals surface area (Å²) in [7, 11) is 1.51. The summed E-state index contributed by atoms with van der Waals surface area (Å²) in [6, 6.07) is 10.9. The second-order valence-corrected chi connectivity index (χ2v) is 6.59. The molecule has 1 aromatic carbocycles. The van der Waals surface area contributed by atoms with Gasteiger partial charge in [-0.1, -0.05) is 11.8 Å². The SMILES string of the molecule is COc1nnc(-c2c[nH]c(=O)[nH]c2=O)cc1[C@H]1C[C@@H]1C#Cc1ccc(C#N)cc1. The number of hydrogen-bond donors (Lipinski definition) is 2. The molecule has 1 aliphatic rings. The molecule has 0 bridgehead atoms. The Morgan fingerprint density at radius 3 is 2.62 bits per heavy atom. The number of H-pyrrole nitrogens is 2. The Morgan fingerprint density at radius 1 is 1.17 bits per heavy atom. The number of aromatic nitrogens is 4. The Labute approximate surface area is 165 Å². The summed E-state index contributed by atoms with van der Waals surface area (Å²) in [5, 5.41) is 17.0. The van der Waals surface area contributed by atoms with Crippen molar-refractivity contribution in [3.63, 3.8) is 0 Å². The van der Waals surface area contributed by atoms with Crippen LogP contribution in [0.1, 0.15) is 29.0 Å². The zero-order valence-electron chi connectivity index (χ0n) is 15.4. The first-order valence-corrected chi connectivity index (χ1v) is 8.84. The van der Waals surface area contributed by atoms with E-state index >= 15 is 0 Å². The number of rotatable bonds is 3. The third kappa shape index (κ3) is 3.78. The van der Waals surface area contributed by atoms with Crippen LogP contribution < -0.4 is 16.0 Å². The van der Waals surface area contributed by atoms with Gasteiger partial charge in [-0.2, -0.15) is 5.26 Å². The average Bonchev–Trinajstić information content (AvgIpc) is 3.52. The van der Waals surface area contributed by atoms with E-state index in [1.807, 2.05) is 12.1 Å². The first kappa shape index (κ1) is 18.2. The largest absolute Gasteiger partial charge is 0.480 e. The molecular weight excluding hydrogens is 370 g/mol. The zero-order valence-corrected chi connectivity index (χ0v) is 15.4. The fraction of sp³-hybridized carbons (Fsp3) is 0.190. The summed E-state index contributed by atoms with van der Waals surface area (Å²) in [5.41, 5.74) is 1.72. The number of ether oxygens (including phenoxy) is 1. The highest BCUT2D eigenvalue weighted by molar-refractivity contribution is 5.58. The highest BCUT2D eigenvalue weighted by Gasteiger charge is 2.40. The summed E-state index contributed by atoms with van der Waals surface area (Å²) in [4.78, 5) is 27.9. The molecule has 3 aromatic rings. The lowest BCUT2D eigenvalue weighted by Gasteiger charge is -2.07. The molecule has 2 heterocycles. The Bertz CT molecular complexity index is 1290. The molecule has 1 aliphatic carbocycles. The van der Waals surface area contributed by atoms with Gasteiger partial charge in [0.15, 0.2) is 0 Å². The molecule has 0 radical (unpaired) electrons. The van der Waals surface area contributed by atoms with E-state index in [-0.39, 0.29) is 17.4 Å². The molecule has 2 aromatic heterocycles. The van der Waals surface area contributed by atoms with Crippen molar-refractivity contribution in [3.8, 4) is 35.0 Å². The predicted octanol–water partition coefficient (Wildman–Crippen LogP) is 1.56. The minimum atomic E-state index is -0.583. The van der Waals surface area contributed by atoms with Gasteiger partial charge in [0.1, 0.15) is 5.69 Å². The van der Waals surface area contributed by atoms with E-state index in [2.05, 4.69) is 38.1 Å². The maximum absolute atomic E-state index is 12.0. The van der Waals surface area contributed by atoms with Crippen molar-refractivity contribution in [2.24, 2.45) is 5.92 Å². The predicted molar refractivity (Wildman–Crippen MR) is 104 cm³/mol. The standard InChI is InChI=1S/C21H15N5O3/c1-29-20-16(9-18(25-26-20)17-11-23-21(28)24-19(17)27)15-8-14(15)7-6-12-2-4-13(10-22)5-3-12/h2-5,9,11,14-15H,8H2,1H3,(H2,23,24,27,28)/t14-,15-/m0/s1. The van der Waals surface area contributed by atoms with Crippen LogP contribution in [0.5, 0.6) is 5.88 Å². The van der Waals surface area contributed by atoms with Gasteiger partial charge in [0.2, 0.25) is 5.88 Å². The van der Waals surface area contributed by atoms with Gasteiger partial charge < -0.3 is 9.72 Å². The highest BCUT2D eigenvalue weighted by atomic mass is 16.5. The van der Waals surface area contributed by atoms with Gasteiger partial charge in [-0.25, -0.2) is 4.79 Å². The lowest BCUT2D eigenvalue weighted by molar-refractivity contribution is 0.386. The molecule has 8 heteroatoms. The van der Waals surface area contributed by atoms with Crippen LogP contribution in [0, 0.1) is 29.1 Å². The molecule has 29 heavy (non-hydrogen) atoms. The van der Waals surface area contributed by atoms with E-state index in [9.17, 15) is 9.59 Å². The number of nitrogens with one attached hydrogen (secondary N) is 2. The molecule has 142 valence electrons. The lowest BCUT2D eigenvalue weighted by Crippen LogP contribution is -2.23. The molecule has 1 saturated carbocycles. The third-order valence-electron chi connectivity index (χ3n) is 4.68. The quantitative estimate of drug-likeness (QED) is 0.659. The topological polar surface area (TPSA) is 125 Å². The number of nitrogens with zero attached hydrogens (tertiary/aromatic N) is 3. The van der Waals surface area contributed by atoms with Crippen molar-refractivity contribution in [1.29, 1.82) is 5.26 Å². The molecule has 0 unspecified atom stereocenters. The minimum Gasteiger partial charge on any atom is -0.480 e. The van der Waals surface area contributed by atoms with Gasteiger partial charge in [0, 0.05) is 29.2 Å². The number of benzene rings is 1.